The summed E-state index contributed by atoms with van der Waals surface area (Å²) in [5.41, 5.74) is 0.376. The van der Waals surface area contributed by atoms with Crippen LogP contribution in [0.15, 0.2) is 34.9 Å². The third-order valence-electron chi connectivity index (χ3n) is 7.26. The molecule has 34 heavy (non-hydrogen) atoms. The molecule has 1 aromatic carbocycles. The van der Waals surface area contributed by atoms with Crippen molar-refractivity contribution in [3.8, 4) is 0 Å². The molecule has 3 atom stereocenters. The van der Waals surface area contributed by atoms with Crippen molar-refractivity contribution in [3.05, 3.63) is 47.6 Å². The normalized spacial score (nSPS) is 25.7. The second kappa shape index (κ2) is 8.40. The number of rotatable bonds is 6. The zero-order valence-corrected chi connectivity index (χ0v) is 20.5. The van der Waals surface area contributed by atoms with Crippen molar-refractivity contribution >= 4 is 12.0 Å². The molecule has 8 heteroatoms. The van der Waals surface area contributed by atoms with E-state index in [-0.39, 0.29) is 29.4 Å². The molecule has 0 N–H and O–H groups in total. The molecule has 182 valence electrons. The number of hydrogen-bond acceptors (Lipinski definition) is 6. The lowest BCUT2D eigenvalue weighted by atomic mass is 9.96. The zero-order valence-electron chi connectivity index (χ0n) is 20.5. The monoisotopic (exact) mass is 466 g/mol. The van der Waals surface area contributed by atoms with E-state index in [2.05, 4.69) is 17.3 Å². The number of hydrogen-bond donors (Lipinski definition) is 0. The standard InChI is InChI=1S/C26H34N4O4/c1-25(2,3)33-24(32)30(20-15-19(20)17-8-6-5-7-9-17)16-26(11-12-26)23-27-22(34-28-23)18-10-13-29(4)21(31)14-18/h5-9,18-20H,10-16H2,1-4H3/t18?,19-,20?/m1/s1. The van der Waals surface area contributed by atoms with E-state index in [0.717, 1.165) is 25.7 Å². The number of nitrogens with zero attached hydrogens (tertiary/aromatic N) is 4. The van der Waals surface area contributed by atoms with Crippen LogP contribution in [0.2, 0.25) is 0 Å². The third-order valence-corrected chi connectivity index (χ3v) is 7.26. The molecule has 8 nitrogen and oxygen atoms in total. The predicted molar refractivity (Wildman–Crippen MR) is 125 cm³/mol. The summed E-state index contributed by atoms with van der Waals surface area (Å²) in [7, 11) is 1.82. The van der Waals surface area contributed by atoms with Crippen LogP contribution in [0.1, 0.15) is 82.0 Å². The zero-order chi connectivity index (χ0) is 24.1. The number of benzene rings is 1. The smallest absolute Gasteiger partial charge is 0.410 e. The first-order valence-corrected chi connectivity index (χ1v) is 12.3. The Morgan fingerprint density at radius 1 is 1.26 bits per heavy atom. The fraction of sp³-hybridized carbons (Fsp3) is 0.615. The van der Waals surface area contributed by atoms with Crippen LogP contribution in [-0.2, 0) is 14.9 Å². The Hall–Kier alpha value is -2.90. The van der Waals surface area contributed by atoms with Crippen molar-refractivity contribution in [1.29, 1.82) is 0 Å². The van der Waals surface area contributed by atoms with E-state index < -0.39 is 5.60 Å². The van der Waals surface area contributed by atoms with Gasteiger partial charge >= 0.3 is 6.09 Å². The highest BCUT2D eigenvalue weighted by molar-refractivity contribution is 5.77. The van der Waals surface area contributed by atoms with Gasteiger partial charge in [-0.1, -0.05) is 35.5 Å². The first-order valence-electron chi connectivity index (χ1n) is 12.3. The summed E-state index contributed by atoms with van der Waals surface area (Å²) >= 11 is 0. The summed E-state index contributed by atoms with van der Waals surface area (Å²) in [5.74, 6) is 1.58. The fourth-order valence-electron chi connectivity index (χ4n) is 4.92. The van der Waals surface area contributed by atoms with Crippen molar-refractivity contribution in [3.63, 3.8) is 0 Å². The SMILES string of the molecule is CN1CCC(c2nc(C3(CN(C(=O)OC(C)(C)C)C4C[C@@H]4c4ccccc4)CC3)no2)CC1=O. The molecular formula is C26H34N4O4. The van der Waals surface area contributed by atoms with Gasteiger partial charge in [-0.15, -0.1) is 0 Å². The van der Waals surface area contributed by atoms with Crippen molar-refractivity contribution in [2.75, 3.05) is 20.1 Å². The molecule has 3 aliphatic rings. The summed E-state index contributed by atoms with van der Waals surface area (Å²) in [6.45, 7) is 6.90. The van der Waals surface area contributed by atoms with Gasteiger partial charge in [0, 0.05) is 44.4 Å². The Bertz CT molecular complexity index is 1060. The minimum Gasteiger partial charge on any atom is -0.444 e. The van der Waals surface area contributed by atoms with Gasteiger partial charge in [-0.2, -0.15) is 4.98 Å². The molecule has 1 saturated heterocycles. The van der Waals surface area contributed by atoms with E-state index in [1.54, 1.807) is 4.90 Å². The lowest BCUT2D eigenvalue weighted by Gasteiger charge is -2.30. The van der Waals surface area contributed by atoms with Crippen molar-refractivity contribution in [2.45, 2.75) is 81.8 Å². The van der Waals surface area contributed by atoms with Gasteiger partial charge in [0.15, 0.2) is 5.82 Å². The highest BCUT2D eigenvalue weighted by atomic mass is 16.6. The Kier molecular flexibility index (Phi) is 5.65. The molecule has 0 spiro atoms. The molecule has 2 aromatic rings. The fourth-order valence-corrected chi connectivity index (χ4v) is 4.92. The minimum atomic E-state index is -0.566. The summed E-state index contributed by atoms with van der Waals surface area (Å²) < 4.78 is 11.4. The maximum atomic E-state index is 13.3. The topological polar surface area (TPSA) is 88.8 Å². The van der Waals surface area contributed by atoms with Gasteiger partial charge in [-0.3, -0.25) is 4.79 Å². The van der Waals surface area contributed by atoms with Gasteiger partial charge in [0.1, 0.15) is 5.60 Å². The second-order valence-corrected chi connectivity index (χ2v) is 11.2. The molecule has 3 fully saturated rings. The molecule has 5 rings (SSSR count). The minimum absolute atomic E-state index is 0.0337. The number of likely N-dealkylation sites (tertiary alicyclic amines) is 1. The number of amides is 2. The summed E-state index contributed by atoms with van der Waals surface area (Å²) in [4.78, 5) is 33.8. The van der Waals surface area contributed by atoms with Gasteiger partial charge in [0.25, 0.3) is 0 Å². The van der Waals surface area contributed by atoms with Crippen molar-refractivity contribution in [2.24, 2.45) is 0 Å². The van der Waals surface area contributed by atoms with Crippen LogP contribution in [-0.4, -0.2) is 63.7 Å². The number of ether oxygens (including phenoxy) is 1. The summed E-state index contributed by atoms with van der Waals surface area (Å²) in [6, 6.07) is 10.4. The van der Waals surface area contributed by atoms with E-state index in [9.17, 15) is 9.59 Å². The molecule has 1 aliphatic heterocycles. The molecule has 2 amide bonds. The van der Waals surface area contributed by atoms with Gasteiger partial charge in [0.05, 0.1) is 5.41 Å². The maximum absolute atomic E-state index is 13.3. The highest BCUT2D eigenvalue weighted by Gasteiger charge is 2.55. The lowest BCUT2D eigenvalue weighted by molar-refractivity contribution is -0.132. The van der Waals surface area contributed by atoms with Crippen LogP contribution < -0.4 is 0 Å². The first kappa shape index (κ1) is 22.9. The lowest BCUT2D eigenvalue weighted by Crippen LogP contribution is -2.43. The molecular weight excluding hydrogens is 432 g/mol. The summed E-state index contributed by atoms with van der Waals surface area (Å²) in [5, 5.41) is 4.32. The van der Waals surface area contributed by atoms with Crippen molar-refractivity contribution in [1.82, 2.24) is 19.9 Å². The Labute approximate surface area is 200 Å². The highest BCUT2D eigenvalue weighted by Crippen LogP contribution is 2.52. The van der Waals surface area contributed by atoms with Crippen LogP contribution in [0.25, 0.3) is 0 Å². The molecule has 2 aliphatic carbocycles. The average molecular weight is 467 g/mol. The van der Waals surface area contributed by atoms with E-state index in [0.29, 0.717) is 37.1 Å². The van der Waals surface area contributed by atoms with Gasteiger partial charge in [-0.05, 0) is 52.0 Å². The van der Waals surface area contributed by atoms with Crippen LogP contribution in [0.4, 0.5) is 4.79 Å². The van der Waals surface area contributed by atoms with E-state index in [4.69, 9.17) is 14.2 Å². The predicted octanol–water partition coefficient (Wildman–Crippen LogP) is 4.23. The third kappa shape index (κ3) is 4.68. The van der Waals surface area contributed by atoms with Crippen LogP contribution in [0.3, 0.4) is 0 Å². The molecule has 2 heterocycles. The summed E-state index contributed by atoms with van der Waals surface area (Å²) in [6.07, 6.45) is 3.67. The largest absolute Gasteiger partial charge is 0.444 e. The number of carbonyl (C=O) groups is 2. The van der Waals surface area contributed by atoms with Gasteiger partial charge in [0.2, 0.25) is 11.8 Å². The molecule has 2 unspecified atom stereocenters. The average Bonchev–Trinajstić information content (AvgIpc) is 3.70. The van der Waals surface area contributed by atoms with E-state index in [1.807, 2.05) is 50.9 Å². The Morgan fingerprint density at radius 2 is 2.00 bits per heavy atom. The second-order valence-electron chi connectivity index (χ2n) is 11.2. The van der Waals surface area contributed by atoms with Crippen molar-refractivity contribution < 1.29 is 18.8 Å². The number of piperidine rings is 1. The van der Waals surface area contributed by atoms with E-state index >= 15 is 0 Å². The van der Waals surface area contributed by atoms with Crippen LogP contribution in [0, 0.1) is 0 Å². The Balaban J connectivity index is 1.34. The quantitative estimate of drug-likeness (QED) is 0.633. The molecule has 0 radical (unpaired) electrons. The number of carbonyl (C=O) groups excluding carboxylic acids is 2. The van der Waals surface area contributed by atoms with Gasteiger partial charge in [-0.25, -0.2) is 4.79 Å². The van der Waals surface area contributed by atoms with Gasteiger partial charge < -0.3 is 19.1 Å². The first-order chi connectivity index (χ1) is 16.2. The van der Waals surface area contributed by atoms with E-state index in [1.165, 1.54) is 5.56 Å². The number of aromatic nitrogens is 2. The Morgan fingerprint density at radius 3 is 2.65 bits per heavy atom. The van der Waals surface area contributed by atoms with Crippen LogP contribution >= 0.6 is 0 Å². The molecule has 0 bridgehead atoms. The molecule has 1 aromatic heterocycles. The maximum Gasteiger partial charge on any atom is 0.410 e. The van der Waals surface area contributed by atoms with Crippen LogP contribution in [0.5, 0.6) is 0 Å². The molecule has 2 saturated carbocycles.